The molecule has 2 aromatic rings. The molecule has 0 unspecified atom stereocenters. The van der Waals surface area contributed by atoms with E-state index >= 15 is 0 Å². The Kier molecular flexibility index (Phi) is 15.8. The van der Waals surface area contributed by atoms with Crippen LogP contribution in [0.15, 0.2) is 48.5 Å². The zero-order valence-corrected chi connectivity index (χ0v) is 28.7. The fourth-order valence-electron chi connectivity index (χ4n) is 6.21. The number of carbonyl (C=O) groups excluding carboxylic acids is 1. The molecule has 3 aliphatic rings. The number of nitriles is 1. The maximum absolute atomic E-state index is 12.2. The van der Waals surface area contributed by atoms with Crippen molar-refractivity contribution in [2.75, 3.05) is 84.7 Å². The van der Waals surface area contributed by atoms with Gasteiger partial charge in [0.2, 0.25) is 5.91 Å². The van der Waals surface area contributed by atoms with Gasteiger partial charge in [0.1, 0.15) is 11.5 Å². The van der Waals surface area contributed by atoms with E-state index in [0.29, 0.717) is 26.4 Å². The van der Waals surface area contributed by atoms with Gasteiger partial charge in [-0.2, -0.15) is 5.26 Å². The van der Waals surface area contributed by atoms with Crippen molar-refractivity contribution in [2.45, 2.75) is 70.1 Å². The number of unbranched alkanes of at least 4 members (excludes halogenated alkanes) is 1. The molecule has 2 aromatic carbocycles. The Balaban J connectivity index is 0.000000215. The second-order valence-corrected chi connectivity index (χ2v) is 12.9. The molecule has 0 atom stereocenters. The van der Waals surface area contributed by atoms with Gasteiger partial charge in [-0.3, -0.25) is 4.79 Å². The highest BCUT2D eigenvalue weighted by atomic mass is 16.5. The van der Waals surface area contributed by atoms with E-state index in [-0.39, 0.29) is 17.2 Å². The van der Waals surface area contributed by atoms with Gasteiger partial charge in [0, 0.05) is 44.6 Å². The predicted octanol–water partition coefficient (Wildman–Crippen LogP) is 6.29. The molecule has 1 N–H and O–H groups in total. The smallest absolute Gasteiger partial charge is 0.227 e. The molecule has 0 radical (unpaired) electrons. The summed E-state index contributed by atoms with van der Waals surface area (Å²) >= 11 is 0. The number of amides is 1. The first kappa shape index (κ1) is 36.7. The van der Waals surface area contributed by atoms with Crippen molar-refractivity contribution in [2.24, 2.45) is 5.92 Å². The molecule has 0 saturated carbocycles. The van der Waals surface area contributed by atoms with E-state index in [1.165, 1.54) is 38.9 Å². The van der Waals surface area contributed by atoms with Crippen LogP contribution in [0.5, 0.6) is 11.5 Å². The summed E-state index contributed by atoms with van der Waals surface area (Å²) in [5, 5.41) is 12.6. The lowest BCUT2D eigenvalue weighted by atomic mass is 9.75. The Bertz CT molecular complexity index is 1200. The second kappa shape index (κ2) is 20.3. The van der Waals surface area contributed by atoms with Crippen LogP contribution in [-0.4, -0.2) is 95.1 Å². The van der Waals surface area contributed by atoms with Crippen molar-refractivity contribution in [3.05, 3.63) is 54.1 Å². The van der Waals surface area contributed by atoms with Gasteiger partial charge < -0.3 is 34.1 Å². The Morgan fingerprint density at radius 3 is 2.13 bits per heavy atom. The molecule has 9 heteroatoms. The third-order valence-corrected chi connectivity index (χ3v) is 9.51. The molecule has 3 heterocycles. The average molecular weight is 649 g/mol. The molecule has 47 heavy (non-hydrogen) atoms. The average Bonchev–Trinajstić information content (AvgIpc) is 3.65. The maximum Gasteiger partial charge on any atom is 0.227 e. The molecule has 0 spiro atoms. The van der Waals surface area contributed by atoms with E-state index in [4.69, 9.17) is 18.9 Å². The van der Waals surface area contributed by atoms with Crippen LogP contribution in [0.25, 0.3) is 0 Å². The van der Waals surface area contributed by atoms with Crippen molar-refractivity contribution in [3.63, 3.8) is 0 Å². The molecule has 0 bridgehead atoms. The van der Waals surface area contributed by atoms with Crippen molar-refractivity contribution in [3.8, 4) is 17.6 Å². The number of hydrogen-bond acceptors (Lipinski definition) is 8. The Labute approximate surface area is 282 Å². The first-order chi connectivity index (χ1) is 23.0. The quantitative estimate of drug-likeness (QED) is 0.225. The van der Waals surface area contributed by atoms with E-state index < -0.39 is 0 Å². The standard InChI is InChI=1S/C20H30N2O3.C18H26N2O2/c23-20(17-9-15-24-16-10-17)21-18-5-7-19(8-6-18)25-14-4-3-13-22-11-1-2-12-22;1-3-20(2)11-4-12-22-17-7-5-16(6-8-17)18(15-19)9-13-21-14-10-18/h5-8,17H,1-4,9-16H2,(H,21,23);5-8H,3-4,9-14H2,1-2H3. The number of benzene rings is 2. The van der Waals surface area contributed by atoms with Crippen LogP contribution in [0.2, 0.25) is 0 Å². The minimum atomic E-state index is -0.388. The predicted molar refractivity (Wildman–Crippen MR) is 186 cm³/mol. The van der Waals surface area contributed by atoms with Gasteiger partial charge in [0.25, 0.3) is 0 Å². The number of likely N-dealkylation sites (tertiary alicyclic amines) is 1. The van der Waals surface area contributed by atoms with Gasteiger partial charge in [-0.25, -0.2) is 0 Å². The highest BCUT2D eigenvalue weighted by Crippen LogP contribution is 2.35. The highest BCUT2D eigenvalue weighted by Gasteiger charge is 2.34. The lowest BCUT2D eigenvalue weighted by Crippen LogP contribution is -2.32. The van der Waals surface area contributed by atoms with Gasteiger partial charge >= 0.3 is 0 Å². The summed E-state index contributed by atoms with van der Waals surface area (Å²) in [5.41, 5.74) is 1.52. The highest BCUT2D eigenvalue weighted by molar-refractivity contribution is 5.92. The lowest BCUT2D eigenvalue weighted by Gasteiger charge is -2.31. The van der Waals surface area contributed by atoms with Crippen molar-refractivity contribution in [1.82, 2.24) is 9.80 Å². The number of nitrogens with zero attached hydrogens (tertiary/aromatic N) is 3. The Hall–Kier alpha value is -3.16. The van der Waals surface area contributed by atoms with Crippen LogP contribution >= 0.6 is 0 Å². The number of nitrogens with one attached hydrogen (secondary N) is 1. The van der Waals surface area contributed by atoms with Crippen molar-refractivity contribution < 1.29 is 23.7 Å². The van der Waals surface area contributed by atoms with E-state index in [1.807, 2.05) is 48.5 Å². The summed E-state index contributed by atoms with van der Waals surface area (Å²) in [4.78, 5) is 17.0. The number of ether oxygens (including phenoxy) is 4. The van der Waals surface area contributed by atoms with Crippen LogP contribution in [0, 0.1) is 17.2 Å². The fraction of sp³-hybridized carbons (Fsp3) is 0.632. The molecular weight excluding hydrogens is 592 g/mol. The Morgan fingerprint density at radius 1 is 0.915 bits per heavy atom. The number of anilines is 1. The summed E-state index contributed by atoms with van der Waals surface area (Å²) in [7, 11) is 2.12. The third kappa shape index (κ3) is 12.4. The molecule has 3 aliphatic heterocycles. The molecule has 258 valence electrons. The van der Waals surface area contributed by atoms with Gasteiger partial charge in [0.15, 0.2) is 0 Å². The van der Waals surface area contributed by atoms with Crippen LogP contribution in [0.1, 0.15) is 70.3 Å². The first-order valence-electron chi connectivity index (χ1n) is 17.8. The van der Waals surface area contributed by atoms with Crippen LogP contribution in [0.4, 0.5) is 5.69 Å². The number of carbonyl (C=O) groups is 1. The fourth-order valence-corrected chi connectivity index (χ4v) is 6.21. The van der Waals surface area contributed by atoms with Crippen LogP contribution < -0.4 is 14.8 Å². The summed E-state index contributed by atoms with van der Waals surface area (Å²) in [6, 6.07) is 18.2. The van der Waals surface area contributed by atoms with Gasteiger partial charge in [0.05, 0.1) is 24.7 Å². The van der Waals surface area contributed by atoms with E-state index in [0.717, 1.165) is 87.6 Å². The summed E-state index contributed by atoms with van der Waals surface area (Å²) < 4.78 is 22.3. The van der Waals surface area contributed by atoms with Gasteiger partial charge in [-0.05, 0) is 133 Å². The molecule has 0 aromatic heterocycles. The molecule has 9 nitrogen and oxygen atoms in total. The lowest BCUT2D eigenvalue weighted by molar-refractivity contribution is -0.122. The SMILES string of the molecule is CCN(C)CCCOc1ccc(C2(C#N)CCOCC2)cc1.O=C(Nc1ccc(OCCCCN2CCCC2)cc1)C1CCOCC1. The largest absolute Gasteiger partial charge is 0.494 e. The van der Waals surface area contributed by atoms with E-state index in [2.05, 4.69) is 35.2 Å². The zero-order valence-electron chi connectivity index (χ0n) is 28.7. The molecule has 3 saturated heterocycles. The van der Waals surface area contributed by atoms with Crippen LogP contribution in [0.3, 0.4) is 0 Å². The number of hydrogen-bond donors (Lipinski definition) is 1. The third-order valence-electron chi connectivity index (χ3n) is 9.51. The summed E-state index contributed by atoms with van der Waals surface area (Å²) in [6.07, 6.45) is 9.17. The number of rotatable bonds is 15. The molecule has 5 rings (SSSR count). The minimum Gasteiger partial charge on any atom is -0.494 e. The summed E-state index contributed by atoms with van der Waals surface area (Å²) in [5.74, 6) is 1.91. The molecular formula is C38H56N4O5. The second-order valence-electron chi connectivity index (χ2n) is 12.9. The van der Waals surface area contributed by atoms with Crippen molar-refractivity contribution >= 4 is 11.6 Å². The van der Waals surface area contributed by atoms with Crippen molar-refractivity contribution in [1.29, 1.82) is 5.26 Å². The topological polar surface area (TPSA) is 96.3 Å². The Morgan fingerprint density at radius 2 is 1.51 bits per heavy atom. The van der Waals surface area contributed by atoms with Crippen LogP contribution in [-0.2, 0) is 19.7 Å². The first-order valence-corrected chi connectivity index (χ1v) is 17.8. The monoisotopic (exact) mass is 648 g/mol. The van der Waals surface area contributed by atoms with E-state index in [1.54, 1.807) is 0 Å². The van der Waals surface area contributed by atoms with Gasteiger partial charge in [-0.1, -0.05) is 19.1 Å². The zero-order chi connectivity index (χ0) is 33.2. The van der Waals surface area contributed by atoms with Gasteiger partial charge in [-0.15, -0.1) is 0 Å². The molecule has 1 amide bonds. The minimum absolute atomic E-state index is 0.0697. The molecule has 3 fully saturated rings. The van der Waals surface area contributed by atoms with E-state index in [9.17, 15) is 10.1 Å². The maximum atomic E-state index is 12.2. The summed E-state index contributed by atoms with van der Waals surface area (Å²) in [6.45, 7) is 12.2. The molecule has 0 aliphatic carbocycles. The normalized spacial score (nSPS) is 18.2.